The average Bonchev–Trinajstić information content (AvgIpc) is 1.84. The standard InChI is InChI=1S/C6H16NP/c1-3-5(7)6(8)4-2/h5-6H,3-4,7-8H2,1-2H3. The van der Waals surface area contributed by atoms with E-state index in [4.69, 9.17) is 5.73 Å². The normalized spacial score (nSPS) is 18.0. The minimum Gasteiger partial charge on any atom is -0.327 e. The van der Waals surface area contributed by atoms with Gasteiger partial charge in [-0.1, -0.05) is 13.8 Å². The average molecular weight is 133 g/mol. The summed E-state index contributed by atoms with van der Waals surface area (Å²) in [5.74, 6) is 0. The quantitative estimate of drug-likeness (QED) is 0.578. The second kappa shape index (κ2) is 4.29. The molecule has 0 heterocycles. The first-order valence-electron chi connectivity index (χ1n) is 3.23. The molecule has 3 unspecified atom stereocenters. The second-order valence-corrected chi connectivity index (χ2v) is 3.00. The molecule has 0 aliphatic carbocycles. The first-order chi connectivity index (χ1) is 3.72. The van der Waals surface area contributed by atoms with Crippen molar-refractivity contribution < 1.29 is 0 Å². The van der Waals surface area contributed by atoms with E-state index in [0.29, 0.717) is 11.7 Å². The van der Waals surface area contributed by atoms with Crippen LogP contribution >= 0.6 is 9.24 Å². The third-order valence-corrected chi connectivity index (χ3v) is 2.46. The minimum absolute atomic E-state index is 0.380. The summed E-state index contributed by atoms with van der Waals surface area (Å²) in [4.78, 5) is 0. The van der Waals surface area contributed by atoms with Crippen molar-refractivity contribution in [1.29, 1.82) is 0 Å². The van der Waals surface area contributed by atoms with Crippen LogP contribution in [-0.4, -0.2) is 11.7 Å². The van der Waals surface area contributed by atoms with Gasteiger partial charge in [-0.2, -0.15) is 0 Å². The van der Waals surface area contributed by atoms with E-state index in [1.165, 1.54) is 6.42 Å². The predicted molar refractivity (Wildman–Crippen MR) is 42.1 cm³/mol. The summed E-state index contributed by atoms with van der Waals surface area (Å²) < 4.78 is 0. The lowest BCUT2D eigenvalue weighted by atomic mass is 10.1. The summed E-state index contributed by atoms with van der Waals surface area (Å²) in [6.45, 7) is 4.28. The highest BCUT2D eigenvalue weighted by molar-refractivity contribution is 7.17. The van der Waals surface area contributed by atoms with Gasteiger partial charge in [0.05, 0.1) is 0 Å². The lowest BCUT2D eigenvalue weighted by Crippen LogP contribution is -2.28. The van der Waals surface area contributed by atoms with Crippen molar-refractivity contribution in [3.8, 4) is 0 Å². The molecule has 8 heavy (non-hydrogen) atoms. The fourth-order valence-electron chi connectivity index (χ4n) is 0.605. The van der Waals surface area contributed by atoms with Crippen molar-refractivity contribution in [2.45, 2.75) is 38.4 Å². The van der Waals surface area contributed by atoms with Crippen molar-refractivity contribution in [2.24, 2.45) is 5.73 Å². The van der Waals surface area contributed by atoms with Gasteiger partial charge in [-0.15, -0.1) is 9.24 Å². The van der Waals surface area contributed by atoms with Crippen LogP contribution in [0.4, 0.5) is 0 Å². The van der Waals surface area contributed by atoms with E-state index in [1.807, 2.05) is 0 Å². The molecule has 2 N–H and O–H groups in total. The molecule has 0 rings (SSSR count). The summed E-state index contributed by atoms with van der Waals surface area (Å²) in [5, 5.41) is 0. The van der Waals surface area contributed by atoms with Crippen molar-refractivity contribution in [3.05, 3.63) is 0 Å². The molecule has 0 aliphatic heterocycles. The van der Waals surface area contributed by atoms with Crippen molar-refractivity contribution in [1.82, 2.24) is 0 Å². The van der Waals surface area contributed by atoms with Crippen molar-refractivity contribution in [3.63, 3.8) is 0 Å². The molecular formula is C6H16NP. The maximum Gasteiger partial charge on any atom is 0.00991 e. The highest BCUT2D eigenvalue weighted by atomic mass is 31.0. The lowest BCUT2D eigenvalue weighted by Gasteiger charge is -2.14. The highest BCUT2D eigenvalue weighted by Gasteiger charge is 2.06. The summed E-state index contributed by atoms with van der Waals surface area (Å²) >= 11 is 0. The Balaban J connectivity index is 3.29. The maximum atomic E-state index is 5.71. The molecule has 0 saturated heterocycles. The zero-order valence-electron chi connectivity index (χ0n) is 5.72. The fraction of sp³-hybridized carbons (Fsp3) is 1.00. The predicted octanol–water partition coefficient (Wildman–Crippen LogP) is 1.38. The van der Waals surface area contributed by atoms with Gasteiger partial charge >= 0.3 is 0 Å². The van der Waals surface area contributed by atoms with E-state index in [9.17, 15) is 0 Å². The van der Waals surface area contributed by atoms with Gasteiger partial charge in [0.1, 0.15) is 0 Å². The van der Waals surface area contributed by atoms with Gasteiger partial charge in [0.2, 0.25) is 0 Å². The van der Waals surface area contributed by atoms with Gasteiger partial charge in [-0.3, -0.25) is 0 Å². The molecule has 0 saturated carbocycles. The van der Waals surface area contributed by atoms with Crippen LogP contribution < -0.4 is 5.73 Å². The Labute approximate surface area is 54.2 Å². The van der Waals surface area contributed by atoms with Gasteiger partial charge < -0.3 is 5.73 Å². The van der Waals surface area contributed by atoms with Crippen LogP contribution in [0.25, 0.3) is 0 Å². The van der Waals surface area contributed by atoms with Crippen LogP contribution in [-0.2, 0) is 0 Å². The first-order valence-corrected chi connectivity index (χ1v) is 3.90. The Bertz CT molecular complexity index is 48.5. The molecule has 2 heteroatoms. The monoisotopic (exact) mass is 133 g/mol. The zero-order chi connectivity index (χ0) is 6.57. The molecule has 0 radical (unpaired) electrons. The van der Waals surface area contributed by atoms with Crippen LogP contribution in [0.1, 0.15) is 26.7 Å². The molecule has 0 fully saturated rings. The Morgan fingerprint density at radius 2 is 1.88 bits per heavy atom. The Kier molecular flexibility index (Phi) is 4.50. The lowest BCUT2D eigenvalue weighted by molar-refractivity contribution is 0.601. The van der Waals surface area contributed by atoms with Gasteiger partial charge in [0.25, 0.3) is 0 Å². The van der Waals surface area contributed by atoms with E-state index < -0.39 is 0 Å². The summed E-state index contributed by atoms with van der Waals surface area (Å²) in [6.07, 6.45) is 2.25. The van der Waals surface area contributed by atoms with Gasteiger partial charge in [-0.05, 0) is 18.5 Å². The zero-order valence-corrected chi connectivity index (χ0v) is 6.88. The van der Waals surface area contributed by atoms with E-state index in [0.717, 1.165) is 6.42 Å². The number of hydrogen-bond donors (Lipinski definition) is 1. The molecular weight excluding hydrogens is 117 g/mol. The summed E-state index contributed by atoms with van der Waals surface area (Å²) in [6, 6.07) is 0.380. The van der Waals surface area contributed by atoms with Gasteiger partial charge in [-0.25, -0.2) is 0 Å². The molecule has 0 bridgehead atoms. The van der Waals surface area contributed by atoms with E-state index in [-0.39, 0.29) is 0 Å². The van der Waals surface area contributed by atoms with E-state index >= 15 is 0 Å². The molecule has 0 aliphatic rings. The molecule has 0 aromatic heterocycles. The summed E-state index contributed by atoms with van der Waals surface area (Å²) in [7, 11) is 2.77. The molecule has 3 atom stereocenters. The Morgan fingerprint density at radius 3 is 2.00 bits per heavy atom. The number of hydrogen-bond acceptors (Lipinski definition) is 1. The molecule has 0 aromatic carbocycles. The summed E-state index contributed by atoms with van der Waals surface area (Å²) in [5.41, 5.74) is 6.32. The van der Waals surface area contributed by atoms with Gasteiger partial charge in [0, 0.05) is 6.04 Å². The molecule has 0 spiro atoms. The highest BCUT2D eigenvalue weighted by Crippen LogP contribution is 2.09. The number of nitrogens with two attached hydrogens (primary N) is 1. The molecule has 1 nitrogen and oxygen atoms in total. The van der Waals surface area contributed by atoms with Crippen molar-refractivity contribution in [2.75, 3.05) is 0 Å². The van der Waals surface area contributed by atoms with Crippen LogP contribution in [0.15, 0.2) is 0 Å². The van der Waals surface area contributed by atoms with E-state index in [2.05, 4.69) is 23.1 Å². The van der Waals surface area contributed by atoms with Gasteiger partial charge in [0.15, 0.2) is 0 Å². The minimum atomic E-state index is 0.380. The molecule has 0 amide bonds. The maximum absolute atomic E-state index is 5.71. The third-order valence-electron chi connectivity index (χ3n) is 1.49. The number of rotatable bonds is 3. The van der Waals surface area contributed by atoms with Crippen LogP contribution in [0, 0.1) is 0 Å². The fourth-order valence-corrected chi connectivity index (χ4v) is 0.878. The molecule has 0 aromatic rings. The largest absolute Gasteiger partial charge is 0.327 e. The Morgan fingerprint density at radius 1 is 1.38 bits per heavy atom. The van der Waals surface area contributed by atoms with Crippen LogP contribution in [0.2, 0.25) is 0 Å². The SMILES string of the molecule is CCC(N)C(P)CC. The smallest absolute Gasteiger partial charge is 0.00991 e. The third kappa shape index (κ3) is 2.64. The second-order valence-electron chi connectivity index (χ2n) is 2.14. The van der Waals surface area contributed by atoms with Crippen LogP contribution in [0.3, 0.4) is 0 Å². The van der Waals surface area contributed by atoms with E-state index in [1.54, 1.807) is 0 Å². The topological polar surface area (TPSA) is 26.0 Å². The van der Waals surface area contributed by atoms with Crippen LogP contribution in [0.5, 0.6) is 0 Å². The first kappa shape index (κ1) is 8.39. The Hall–Kier alpha value is 0.390. The molecule has 50 valence electrons. The van der Waals surface area contributed by atoms with Crippen molar-refractivity contribution >= 4 is 9.24 Å².